The lowest BCUT2D eigenvalue weighted by atomic mass is 9.99. The smallest absolute Gasteiger partial charge is 0.0610 e. The molecular weight excluding hydrogens is 140 g/mol. The molecule has 68 valence electrons. The maximum Gasteiger partial charge on any atom is 0.0610 e. The number of nitrogens with one attached hydrogen (secondary N) is 1. The van der Waals surface area contributed by atoms with Crippen LogP contribution in [0.2, 0.25) is 0 Å². The van der Waals surface area contributed by atoms with Gasteiger partial charge in [0, 0.05) is 5.54 Å². The first-order chi connectivity index (χ1) is 5.04. The van der Waals surface area contributed by atoms with Crippen LogP contribution in [-0.2, 0) is 0 Å². The van der Waals surface area contributed by atoms with Crippen LogP contribution in [0, 0.1) is 0 Å². The SMILES string of the molecule is CNC(C)(CO)CCN(C)C. The largest absolute Gasteiger partial charge is 0.394 e. The van der Waals surface area contributed by atoms with Crippen LogP contribution in [0.1, 0.15) is 13.3 Å². The Kier molecular flexibility index (Phi) is 4.65. The van der Waals surface area contributed by atoms with Crippen LogP contribution in [0.4, 0.5) is 0 Å². The van der Waals surface area contributed by atoms with Crippen molar-refractivity contribution >= 4 is 0 Å². The number of likely N-dealkylation sites (N-methyl/N-ethyl adjacent to an activating group) is 1. The van der Waals surface area contributed by atoms with Crippen molar-refractivity contribution in [1.82, 2.24) is 10.2 Å². The van der Waals surface area contributed by atoms with Crippen LogP contribution in [0.25, 0.3) is 0 Å². The molecule has 0 aromatic rings. The maximum atomic E-state index is 9.02. The average molecular weight is 160 g/mol. The third kappa shape index (κ3) is 4.35. The van der Waals surface area contributed by atoms with E-state index in [1.807, 2.05) is 28.1 Å². The molecule has 0 bridgehead atoms. The lowest BCUT2D eigenvalue weighted by Gasteiger charge is -2.28. The fourth-order valence-corrected chi connectivity index (χ4v) is 0.753. The van der Waals surface area contributed by atoms with Gasteiger partial charge in [-0.05, 0) is 41.0 Å². The molecule has 2 N–H and O–H groups in total. The first-order valence-electron chi connectivity index (χ1n) is 3.98. The minimum atomic E-state index is -0.121. The molecule has 0 fully saturated rings. The Morgan fingerprint density at radius 1 is 1.45 bits per heavy atom. The highest BCUT2D eigenvalue weighted by atomic mass is 16.3. The molecule has 0 saturated carbocycles. The number of aliphatic hydroxyl groups excluding tert-OH is 1. The third-order valence-corrected chi connectivity index (χ3v) is 2.06. The quantitative estimate of drug-likeness (QED) is 0.590. The zero-order valence-corrected chi connectivity index (χ0v) is 8.02. The van der Waals surface area contributed by atoms with E-state index >= 15 is 0 Å². The summed E-state index contributed by atoms with van der Waals surface area (Å²) in [5, 5.41) is 12.1. The van der Waals surface area contributed by atoms with Gasteiger partial charge in [-0.2, -0.15) is 0 Å². The summed E-state index contributed by atoms with van der Waals surface area (Å²) in [5.41, 5.74) is -0.121. The molecule has 3 nitrogen and oxygen atoms in total. The average Bonchev–Trinajstić information content (AvgIpc) is 2.00. The standard InChI is InChI=1S/C8H20N2O/c1-8(7-11,9-2)5-6-10(3)4/h9,11H,5-7H2,1-4H3. The first kappa shape index (κ1) is 10.9. The Balaban J connectivity index is 3.69. The molecule has 0 rings (SSSR count). The minimum absolute atomic E-state index is 0.121. The molecule has 0 aliphatic carbocycles. The van der Waals surface area contributed by atoms with Gasteiger partial charge in [-0.3, -0.25) is 0 Å². The Labute approximate surface area is 69.4 Å². The highest BCUT2D eigenvalue weighted by Gasteiger charge is 2.19. The summed E-state index contributed by atoms with van der Waals surface area (Å²) in [6.07, 6.45) is 0.965. The van der Waals surface area contributed by atoms with Gasteiger partial charge in [0.05, 0.1) is 6.61 Å². The Hall–Kier alpha value is -0.120. The second kappa shape index (κ2) is 4.70. The Bertz CT molecular complexity index is 100. The molecule has 0 heterocycles. The van der Waals surface area contributed by atoms with Crippen LogP contribution < -0.4 is 5.32 Å². The van der Waals surface area contributed by atoms with Crippen molar-refractivity contribution < 1.29 is 5.11 Å². The van der Waals surface area contributed by atoms with Gasteiger partial charge in [-0.25, -0.2) is 0 Å². The van der Waals surface area contributed by atoms with Crippen LogP contribution in [0.5, 0.6) is 0 Å². The van der Waals surface area contributed by atoms with E-state index in [2.05, 4.69) is 10.2 Å². The van der Waals surface area contributed by atoms with E-state index < -0.39 is 0 Å². The second-order valence-electron chi connectivity index (χ2n) is 3.52. The molecule has 0 aliphatic heterocycles. The highest BCUT2D eigenvalue weighted by molar-refractivity contribution is 4.80. The van der Waals surface area contributed by atoms with Gasteiger partial charge >= 0.3 is 0 Å². The zero-order chi connectivity index (χ0) is 8.91. The predicted octanol–water partition coefficient (Wildman–Crippen LogP) is -0.0915. The zero-order valence-electron chi connectivity index (χ0n) is 8.02. The Morgan fingerprint density at radius 2 is 2.00 bits per heavy atom. The predicted molar refractivity (Wildman–Crippen MR) is 47.7 cm³/mol. The van der Waals surface area contributed by atoms with Gasteiger partial charge in [0.1, 0.15) is 0 Å². The van der Waals surface area contributed by atoms with E-state index in [4.69, 9.17) is 5.11 Å². The van der Waals surface area contributed by atoms with Gasteiger partial charge < -0.3 is 15.3 Å². The summed E-state index contributed by atoms with van der Waals surface area (Å²) in [5.74, 6) is 0. The van der Waals surface area contributed by atoms with Crippen molar-refractivity contribution in [2.24, 2.45) is 0 Å². The van der Waals surface area contributed by atoms with Crippen LogP contribution >= 0.6 is 0 Å². The summed E-state index contributed by atoms with van der Waals surface area (Å²) in [6, 6.07) is 0. The van der Waals surface area contributed by atoms with Gasteiger partial charge in [0.15, 0.2) is 0 Å². The number of nitrogens with zero attached hydrogens (tertiary/aromatic N) is 1. The molecule has 0 radical (unpaired) electrons. The molecule has 0 spiro atoms. The highest BCUT2D eigenvalue weighted by Crippen LogP contribution is 2.07. The van der Waals surface area contributed by atoms with Crippen molar-refractivity contribution in [3.8, 4) is 0 Å². The lowest BCUT2D eigenvalue weighted by molar-refractivity contribution is 0.163. The van der Waals surface area contributed by atoms with E-state index in [0.717, 1.165) is 13.0 Å². The molecule has 0 aromatic heterocycles. The van der Waals surface area contributed by atoms with Crippen molar-refractivity contribution in [3.05, 3.63) is 0 Å². The number of hydrogen-bond donors (Lipinski definition) is 2. The molecular formula is C8H20N2O. The Morgan fingerprint density at radius 3 is 2.27 bits per heavy atom. The summed E-state index contributed by atoms with van der Waals surface area (Å²) >= 11 is 0. The van der Waals surface area contributed by atoms with Gasteiger partial charge in [0.25, 0.3) is 0 Å². The molecule has 0 saturated heterocycles. The van der Waals surface area contributed by atoms with E-state index in [-0.39, 0.29) is 12.1 Å². The molecule has 0 aliphatic rings. The van der Waals surface area contributed by atoms with Crippen LogP contribution in [0.15, 0.2) is 0 Å². The maximum absolute atomic E-state index is 9.02. The van der Waals surface area contributed by atoms with E-state index in [1.165, 1.54) is 0 Å². The second-order valence-corrected chi connectivity index (χ2v) is 3.52. The fourth-order valence-electron chi connectivity index (χ4n) is 0.753. The van der Waals surface area contributed by atoms with Crippen LogP contribution in [-0.4, -0.2) is 49.8 Å². The minimum Gasteiger partial charge on any atom is -0.394 e. The van der Waals surface area contributed by atoms with Crippen molar-refractivity contribution in [1.29, 1.82) is 0 Å². The van der Waals surface area contributed by atoms with Crippen molar-refractivity contribution in [3.63, 3.8) is 0 Å². The number of hydrogen-bond acceptors (Lipinski definition) is 3. The lowest BCUT2D eigenvalue weighted by Crippen LogP contribution is -2.45. The number of rotatable bonds is 5. The fraction of sp³-hybridized carbons (Fsp3) is 1.00. The molecule has 0 aromatic carbocycles. The monoisotopic (exact) mass is 160 g/mol. The normalized spacial score (nSPS) is 16.9. The van der Waals surface area contributed by atoms with Crippen molar-refractivity contribution in [2.45, 2.75) is 18.9 Å². The summed E-state index contributed by atoms with van der Waals surface area (Å²) in [7, 11) is 5.95. The topological polar surface area (TPSA) is 35.5 Å². The van der Waals surface area contributed by atoms with E-state index in [1.54, 1.807) is 0 Å². The summed E-state index contributed by atoms with van der Waals surface area (Å²) in [6.45, 7) is 3.21. The summed E-state index contributed by atoms with van der Waals surface area (Å²) in [4.78, 5) is 2.12. The van der Waals surface area contributed by atoms with E-state index in [0.29, 0.717) is 0 Å². The third-order valence-electron chi connectivity index (χ3n) is 2.06. The van der Waals surface area contributed by atoms with Gasteiger partial charge in [-0.1, -0.05) is 0 Å². The molecule has 1 unspecified atom stereocenters. The molecule has 0 amide bonds. The molecule has 1 atom stereocenters. The van der Waals surface area contributed by atoms with Gasteiger partial charge in [0.2, 0.25) is 0 Å². The van der Waals surface area contributed by atoms with Gasteiger partial charge in [-0.15, -0.1) is 0 Å². The molecule has 11 heavy (non-hydrogen) atoms. The first-order valence-corrected chi connectivity index (χ1v) is 3.98. The van der Waals surface area contributed by atoms with E-state index in [9.17, 15) is 0 Å². The van der Waals surface area contributed by atoms with Crippen LogP contribution in [0.3, 0.4) is 0 Å². The number of aliphatic hydroxyl groups is 1. The van der Waals surface area contributed by atoms with Crippen molar-refractivity contribution in [2.75, 3.05) is 34.3 Å². The molecule has 3 heteroatoms. The summed E-state index contributed by atoms with van der Waals surface area (Å²) < 4.78 is 0.